The highest BCUT2D eigenvalue weighted by atomic mass is 32.2. The van der Waals surface area contributed by atoms with Crippen molar-refractivity contribution in [3.05, 3.63) is 69.8 Å². The van der Waals surface area contributed by atoms with Gasteiger partial charge in [-0.3, -0.25) is 10.1 Å². The summed E-state index contributed by atoms with van der Waals surface area (Å²) in [5, 5.41) is 10.9. The molecule has 2 aromatic carbocycles. The van der Waals surface area contributed by atoms with Gasteiger partial charge in [0.15, 0.2) is 0 Å². The lowest BCUT2D eigenvalue weighted by atomic mass is 10.1. The first-order valence-corrected chi connectivity index (χ1v) is 8.15. The van der Waals surface area contributed by atoms with Crippen molar-refractivity contribution in [3.63, 3.8) is 0 Å². The fraction of sp³-hybridized carbons (Fsp3) is 0.250. The highest BCUT2D eigenvalue weighted by Crippen LogP contribution is 2.19. The molecular formula is C16H18N2O4S. The summed E-state index contributed by atoms with van der Waals surface area (Å²) in [6.45, 7) is 1.58. The van der Waals surface area contributed by atoms with E-state index in [0.29, 0.717) is 16.2 Å². The maximum atomic E-state index is 12.4. The Bertz CT molecular complexity index is 686. The summed E-state index contributed by atoms with van der Waals surface area (Å²) in [7, 11) is 0.0183. The van der Waals surface area contributed by atoms with Gasteiger partial charge in [-0.15, -0.1) is 0 Å². The lowest BCUT2D eigenvalue weighted by Crippen LogP contribution is -2.29. The topological polar surface area (TPSA) is 81.5 Å². The van der Waals surface area contributed by atoms with Crippen molar-refractivity contribution in [2.45, 2.75) is 17.9 Å². The van der Waals surface area contributed by atoms with Gasteiger partial charge in [0.05, 0.1) is 12.0 Å². The minimum absolute atomic E-state index is 0.357. The monoisotopic (exact) mass is 334 g/mol. The molecule has 0 aliphatic rings. The molecule has 6 nitrogen and oxygen atoms in total. The van der Waals surface area contributed by atoms with Gasteiger partial charge in [0.2, 0.25) is 6.54 Å². The fourth-order valence-electron chi connectivity index (χ4n) is 2.06. The predicted octanol–water partition coefficient (Wildman–Crippen LogP) is 2.63. The second kappa shape index (κ2) is 7.85. The van der Waals surface area contributed by atoms with Gasteiger partial charge >= 0.3 is 0 Å². The number of nitrogens with one attached hydrogen (secondary N) is 1. The van der Waals surface area contributed by atoms with Crippen LogP contribution in [0.5, 0.6) is 5.75 Å². The van der Waals surface area contributed by atoms with Gasteiger partial charge in [0.25, 0.3) is 0 Å². The summed E-state index contributed by atoms with van der Waals surface area (Å²) >= 11 is 0. The molecule has 0 aromatic heterocycles. The Kier molecular flexibility index (Phi) is 5.84. The number of nitro groups is 1. The molecule has 0 amide bonds. The Morgan fingerprint density at radius 2 is 1.78 bits per heavy atom. The van der Waals surface area contributed by atoms with Gasteiger partial charge in [-0.25, -0.2) is 8.93 Å². The third-order valence-electron chi connectivity index (χ3n) is 3.33. The Labute approximate surface area is 137 Å². The number of hydrogen-bond donors (Lipinski definition) is 1. The minimum Gasteiger partial charge on any atom is -0.497 e. The molecule has 7 heteroatoms. The van der Waals surface area contributed by atoms with Gasteiger partial charge < -0.3 is 4.74 Å². The molecule has 2 rings (SSSR count). The van der Waals surface area contributed by atoms with E-state index >= 15 is 0 Å². The highest BCUT2D eigenvalue weighted by molar-refractivity contribution is 7.83. The van der Waals surface area contributed by atoms with E-state index in [1.807, 2.05) is 19.1 Å². The van der Waals surface area contributed by atoms with Crippen molar-refractivity contribution in [3.8, 4) is 5.75 Å². The quantitative estimate of drug-likeness (QED) is 0.623. The Balaban J connectivity index is 2.18. The van der Waals surface area contributed by atoms with Gasteiger partial charge in [-0.2, -0.15) is 0 Å². The number of nitrogens with zero attached hydrogens (tertiary/aromatic N) is 1. The summed E-state index contributed by atoms with van der Waals surface area (Å²) in [4.78, 5) is 11.1. The molecule has 0 unspecified atom stereocenters. The molecule has 0 aliphatic heterocycles. The molecule has 0 radical (unpaired) electrons. The summed E-state index contributed by atoms with van der Waals surface area (Å²) in [5.74, 6) is 0.660. The van der Waals surface area contributed by atoms with Crippen molar-refractivity contribution in [1.29, 1.82) is 0 Å². The van der Waals surface area contributed by atoms with Crippen LogP contribution in [0.1, 0.15) is 17.2 Å². The molecule has 0 bridgehead atoms. The number of methoxy groups -OCH3 is 1. The summed E-state index contributed by atoms with van der Waals surface area (Å²) < 4.78 is 20.3. The van der Waals surface area contributed by atoms with Crippen LogP contribution in [-0.2, 0) is 11.0 Å². The van der Waals surface area contributed by atoms with Gasteiger partial charge in [0.1, 0.15) is 22.8 Å². The van der Waals surface area contributed by atoms with Crippen molar-refractivity contribution < 1.29 is 13.9 Å². The van der Waals surface area contributed by atoms with Crippen LogP contribution in [0.25, 0.3) is 0 Å². The normalized spacial score (nSPS) is 13.3. The highest BCUT2D eigenvalue weighted by Gasteiger charge is 2.20. The number of rotatable bonds is 7. The maximum Gasteiger partial charge on any atom is 0.224 e. The Morgan fingerprint density at radius 1 is 1.17 bits per heavy atom. The van der Waals surface area contributed by atoms with Crippen molar-refractivity contribution >= 4 is 11.0 Å². The molecule has 0 spiro atoms. The molecule has 1 N–H and O–H groups in total. The van der Waals surface area contributed by atoms with E-state index in [4.69, 9.17) is 4.74 Å². The van der Waals surface area contributed by atoms with Gasteiger partial charge in [-0.05, 0) is 36.8 Å². The molecule has 0 saturated carbocycles. The van der Waals surface area contributed by atoms with Crippen LogP contribution in [-0.4, -0.2) is 22.8 Å². The van der Waals surface area contributed by atoms with Crippen molar-refractivity contribution in [1.82, 2.24) is 4.72 Å². The first-order chi connectivity index (χ1) is 11.0. The number of aryl methyl sites for hydroxylation is 1. The van der Waals surface area contributed by atoms with Crippen LogP contribution in [0.2, 0.25) is 0 Å². The molecular weight excluding hydrogens is 316 g/mol. The van der Waals surface area contributed by atoms with Crippen LogP contribution < -0.4 is 9.46 Å². The average molecular weight is 334 g/mol. The van der Waals surface area contributed by atoms with E-state index in [2.05, 4.69) is 4.72 Å². The molecule has 122 valence electrons. The fourth-order valence-corrected chi connectivity index (χ4v) is 3.04. The largest absolute Gasteiger partial charge is 0.497 e. The summed E-state index contributed by atoms with van der Waals surface area (Å²) in [6.07, 6.45) is 0. The van der Waals surface area contributed by atoms with Crippen LogP contribution in [0.15, 0.2) is 53.4 Å². The van der Waals surface area contributed by atoms with Crippen LogP contribution in [0.3, 0.4) is 0 Å². The molecule has 2 atom stereocenters. The number of hydrogen-bond acceptors (Lipinski definition) is 4. The van der Waals surface area contributed by atoms with E-state index in [1.54, 1.807) is 43.5 Å². The molecule has 0 aliphatic carbocycles. The zero-order valence-electron chi connectivity index (χ0n) is 12.9. The van der Waals surface area contributed by atoms with Crippen molar-refractivity contribution in [2.24, 2.45) is 0 Å². The molecule has 0 heterocycles. The van der Waals surface area contributed by atoms with E-state index < -0.39 is 22.0 Å². The van der Waals surface area contributed by atoms with Crippen LogP contribution in [0, 0.1) is 17.0 Å². The number of benzene rings is 2. The first kappa shape index (κ1) is 17.1. The summed E-state index contributed by atoms with van der Waals surface area (Å²) in [5.41, 5.74) is 1.74. The van der Waals surface area contributed by atoms with E-state index in [9.17, 15) is 14.3 Å². The van der Waals surface area contributed by atoms with E-state index in [1.165, 1.54) is 0 Å². The molecule has 0 fully saturated rings. The minimum atomic E-state index is -1.53. The lowest BCUT2D eigenvalue weighted by molar-refractivity contribution is -0.483. The average Bonchev–Trinajstić information content (AvgIpc) is 2.54. The number of ether oxygens (including phenoxy) is 1. The zero-order valence-corrected chi connectivity index (χ0v) is 13.7. The summed E-state index contributed by atoms with van der Waals surface area (Å²) in [6, 6.07) is 13.4. The Morgan fingerprint density at radius 3 is 2.30 bits per heavy atom. The van der Waals surface area contributed by atoms with Gasteiger partial charge in [0, 0.05) is 4.92 Å². The third-order valence-corrected chi connectivity index (χ3v) is 4.53. The standard InChI is InChI=1S/C16H18N2O4S/c1-12-3-9-15(10-4-12)23(21)17-16(11-18(19)20)13-5-7-14(22-2)8-6-13/h3-10,16-17H,11H2,1-2H3/t16-,23+/m1/s1. The SMILES string of the molecule is COc1ccc([C@@H](C[N+](=O)[O-])N[S@@](=O)c2ccc(C)cc2)cc1. The Hall–Kier alpha value is -2.25. The van der Waals surface area contributed by atoms with E-state index in [-0.39, 0.29) is 6.54 Å². The van der Waals surface area contributed by atoms with Crippen LogP contribution in [0.4, 0.5) is 0 Å². The molecule has 0 saturated heterocycles. The second-order valence-corrected chi connectivity index (χ2v) is 6.29. The maximum absolute atomic E-state index is 12.4. The molecule has 23 heavy (non-hydrogen) atoms. The van der Waals surface area contributed by atoms with Gasteiger partial charge in [-0.1, -0.05) is 29.8 Å². The van der Waals surface area contributed by atoms with Crippen LogP contribution >= 0.6 is 0 Å². The van der Waals surface area contributed by atoms with E-state index in [0.717, 1.165) is 5.56 Å². The first-order valence-electron chi connectivity index (χ1n) is 7.00. The third kappa shape index (κ3) is 4.87. The smallest absolute Gasteiger partial charge is 0.224 e. The molecule has 2 aromatic rings. The van der Waals surface area contributed by atoms with Crippen molar-refractivity contribution in [2.75, 3.05) is 13.7 Å². The predicted molar refractivity (Wildman–Crippen MR) is 88.3 cm³/mol. The lowest BCUT2D eigenvalue weighted by Gasteiger charge is -2.15. The second-order valence-electron chi connectivity index (χ2n) is 5.04. The zero-order chi connectivity index (χ0) is 16.8.